The molecule has 0 heterocycles. The monoisotopic (exact) mass is 345 g/mol. The van der Waals surface area contributed by atoms with Crippen molar-refractivity contribution in [2.45, 2.75) is 38.7 Å². The lowest BCUT2D eigenvalue weighted by Gasteiger charge is -2.29. The summed E-state index contributed by atoms with van der Waals surface area (Å²) in [6.07, 6.45) is -0.743. The number of rotatable bonds is 5. The molecular formula is C15H21F2N3O4. The van der Waals surface area contributed by atoms with Crippen molar-refractivity contribution < 1.29 is 23.2 Å². The van der Waals surface area contributed by atoms with Crippen LogP contribution in [0.3, 0.4) is 0 Å². The molecule has 0 aromatic heterocycles. The Morgan fingerprint density at radius 2 is 1.83 bits per heavy atom. The summed E-state index contributed by atoms with van der Waals surface area (Å²) in [6.45, 7) is 6.24. The standard InChI is InChI=1S/C15H21F2N3O4/c1-14(2,3)24-13(21)19-8-15(4,7-18)9-5-10(16)11(17)6-12(9)20(22)23/h5-6H,7-8,18H2,1-4H3,(H,19,21). The van der Waals surface area contributed by atoms with Crippen LogP contribution in [0.2, 0.25) is 0 Å². The molecule has 0 fully saturated rings. The molecule has 1 amide bonds. The fourth-order valence-electron chi connectivity index (χ4n) is 2.03. The number of nitrogens with zero attached hydrogens (tertiary/aromatic N) is 1. The highest BCUT2D eigenvalue weighted by Gasteiger charge is 2.35. The van der Waals surface area contributed by atoms with Gasteiger partial charge in [-0.05, 0) is 26.8 Å². The van der Waals surface area contributed by atoms with Gasteiger partial charge in [-0.25, -0.2) is 13.6 Å². The zero-order valence-corrected chi connectivity index (χ0v) is 14.0. The van der Waals surface area contributed by atoms with Crippen LogP contribution >= 0.6 is 0 Å². The third kappa shape index (κ3) is 4.85. The first-order valence-corrected chi connectivity index (χ1v) is 7.20. The number of alkyl carbamates (subject to hydrolysis) is 1. The van der Waals surface area contributed by atoms with Crippen LogP contribution < -0.4 is 11.1 Å². The predicted molar refractivity (Wildman–Crippen MR) is 83.7 cm³/mol. The van der Waals surface area contributed by atoms with E-state index in [1.807, 2.05) is 0 Å². The van der Waals surface area contributed by atoms with Crippen molar-refractivity contribution in [1.29, 1.82) is 0 Å². The van der Waals surface area contributed by atoms with E-state index in [2.05, 4.69) is 5.32 Å². The van der Waals surface area contributed by atoms with Gasteiger partial charge >= 0.3 is 6.09 Å². The van der Waals surface area contributed by atoms with Crippen LogP contribution in [0.5, 0.6) is 0 Å². The number of carbonyl (C=O) groups excluding carboxylic acids is 1. The van der Waals surface area contributed by atoms with Crippen LogP contribution in [0.1, 0.15) is 33.3 Å². The SMILES string of the molecule is CC(C)(C)OC(=O)NCC(C)(CN)c1cc(F)c(F)cc1[N+](=O)[O-]. The topological polar surface area (TPSA) is 107 Å². The summed E-state index contributed by atoms with van der Waals surface area (Å²) in [5, 5.41) is 13.6. The minimum Gasteiger partial charge on any atom is -0.444 e. The van der Waals surface area contributed by atoms with Crippen LogP contribution in [0.25, 0.3) is 0 Å². The lowest BCUT2D eigenvalue weighted by Crippen LogP contribution is -2.45. The lowest BCUT2D eigenvalue weighted by molar-refractivity contribution is -0.386. The van der Waals surface area contributed by atoms with Crippen LogP contribution in [0.4, 0.5) is 19.3 Å². The molecule has 9 heteroatoms. The summed E-state index contributed by atoms with van der Waals surface area (Å²) in [4.78, 5) is 22.1. The third-order valence-electron chi connectivity index (χ3n) is 3.36. The average Bonchev–Trinajstić information content (AvgIpc) is 2.45. The Hall–Kier alpha value is -2.29. The van der Waals surface area contributed by atoms with Crippen LogP contribution in [0, 0.1) is 21.7 Å². The first-order valence-electron chi connectivity index (χ1n) is 7.20. The average molecular weight is 345 g/mol. The van der Waals surface area contributed by atoms with Gasteiger partial charge in [0.2, 0.25) is 0 Å². The molecule has 134 valence electrons. The van der Waals surface area contributed by atoms with Crippen LogP contribution in [0.15, 0.2) is 12.1 Å². The molecule has 1 rings (SSSR count). The first-order chi connectivity index (χ1) is 10.9. The van der Waals surface area contributed by atoms with Gasteiger partial charge in [-0.15, -0.1) is 0 Å². The zero-order valence-electron chi connectivity index (χ0n) is 14.0. The Labute approximate surface area is 138 Å². The van der Waals surface area contributed by atoms with E-state index >= 15 is 0 Å². The number of halogens is 2. The van der Waals surface area contributed by atoms with Gasteiger partial charge in [-0.2, -0.15) is 0 Å². The molecule has 0 spiro atoms. The summed E-state index contributed by atoms with van der Waals surface area (Å²) < 4.78 is 31.9. The Morgan fingerprint density at radius 3 is 2.29 bits per heavy atom. The van der Waals surface area contributed by atoms with Crippen molar-refractivity contribution in [3.63, 3.8) is 0 Å². The lowest BCUT2D eigenvalue weighted by atomic mass is 9.81. The second kappa shape index (κ2) is 7.08. The maximum Gasteiger partial charge on any atom is 0.407 e. The van der Waals surface area contributed by atoms with E-state index in [9.17, 15) is 23.7 Å². The fourth-order valence-corrected chi connectivity index (χ4v) is 2.03. The Balaban J connectivity index is 3.13. The zero-order chi connectivity index (χ0) is 18.7. The van der Waals surface area contributed by atoms with E-state index in [1.54, 1.807) is 20.8 Å². The number of nitro benzene ring substituents is 1. The number of hydrogen-bond acceptors (Lipinski definition) is 5. The molecule has 0 radical (unpaired) electrons. The van der Waals surface area contributed by atoms with Gasteiger partial charge in [0, 0.05) is 24.1 Å². The molecule has 1 aromatic rings. The number of benzene rings is 1. The van der Waals surface area contributed by atoms with E-state index in [1.165, 1.54) is 6.92 Å². The summed E-state index contributed by atoms with van der Waals surface area (Å²) in [5.41, 5.74) is 3.06. The molecule has 0 saturated heterocycles. The molecule has 1 unspecified atom stereocenters. The van der Waals surface area contributed by atoms with Gasteiger partial charge in [0.05, 0.1) is 11.0 Å². The van der Waals surface area contributed by atoms with Gasteiger partial charge < -0.3 is 15.8 Å². The summed E-state index contributed by atoms with van der Waals surface area (Å²) in [5.74, 6) is -2.56. The van der Waals surface area contributed by atoms with Crippen LogP contribution in [-0.4, -0.2) is 29.7 Å². The van der Waals surface area contributed by atoms with E-state index in [-0.39, 0.29) is 18.7 Å². The van der Waals surface area contributed by atoms with Crippen molar-refractivity contribution >= 4 is 11.8 Å². The number of hydrogen-bond donors (Lipinski definition) is 2. The first kappa shape index (κ1) is 19.8. The van der Waals surface area contributed by atoms with E-state index < -0.39 is 39.4 Å². The number of carbonyl (C=O) groups is 1. The minimum atomic E-state index is -1.33. The molecule has 1 atom stereocenters. The van der Waals surface area contributed by atoms with Gasteiger partial charge in [0.1, 0.15) is 5.60 Å². The molecule has 0 aliphatic heterocycles. The molecule has 3 N–H and O–H groups in total. The Morgan fingerprint density at radius 1 is 1.29 bits per heavy atom. The molecular weight excluding hydrogens is 324 g/mol. The number of nitrogens with two attached hydrogens (primary N) is 1. The van der Waals surface area contributed by atoms with Crippen molar-refractivity contribution in [2.24, 2.45) is 5.73 Å². The number of nitro groups is 1. The quantitative estimate of drug-likeness (QED) is 0.630. The highest BCUT2D eigenvalue weighted by atomic mass is 19.2. The second-order valence-electron chi connectivity index (χ2n) is 6.66. The van der Waals surface area contributed by atoms with Crippen molar-refractivity contribution in [3.05, 3.63) is 39.4 Å². The third-order valence-corrected chi connectivity index (χ3v) is 3.36. The van der Waals surface area contributed by atoms with E-state index in [4.69, 9.17) is 10.5 Å². The molecule has 0 saturated carbocycles. The van der Waals surface area contributed by atoms with Gasteiger partial charge in [0.25, 0.3) is 5.69 Å². The van der Waals surface area contributed by atoms with Crippen molar-refractivity contribution in [3.8, 4) is 0 Å². The smallest absolute Gasteiger partial charge is 0.407 e. The van der Waals surface area contributed by atoms with E-state index in [0.717, 1.165) is 6.07 Å². The number of nitrogens with one attached hydrogen (secondary N) is 1. The largest absolute Gasteiger partial charge is 0.444 e. The minimum absolute atomic E-state index is 0.107. The van der Waals surface area contributed by atoms with Crippen molar-refractivity contribution in [1.82, 2.24) is 5.32 Å². The molecule has 7 nitrogen and oxygen atoms in total. The summed E-state index contributed by atoms with van der Waals surface area (Å²) in [6, 6.07) is 1.24. The molecule has 1 aromatic carbocycles. The number of ether oxygens (including phenoxy) is 1. The molecule has 0 aliphatic carbocycles. The maximum absolute atomic E-state index is 13.6. The highest BCUT2D eigenvalue weighted by molar-refractivity contribution is 5.68. The molecule has 24 heavy (non-hydrogen) atoms. The summed E-state index contributed by atoms with van der Waals surface area (Å²) >= 11 is 0. The van der Waals surface area contributed by atoms with E-state index in [0.29, 0.717) is 6.07 Å². The molecule has 0 aliphatic rings. The van der Waals surface area contributed by atoms with Gasteiger partial charge in [-0.3, -0.25) is 10.1 Å². The fraction of sp³-hybridized carbons (Fsp3) is 0.533. The normalized spacial score (nSPS) is 14.0. The van der Waals surface area contributed by atoms with Crippen molar-refractivity contribution in [2.75, 3.05) is 13.1 Å². The van der Waals surface area contributed by atoms with Gasteiger partial charge in [0.15, 0.2) is 11.6 Å². The second-order valence-corrected chi connectivity index (χ2v) is 6.66. The molecule has 0 bridgehead atoms. The predicted octanol–water partition coefficient (Wildman–Crippen LogP) is 2.61. The Kier molecular flexibility index (Phi) is 5.83. The van der Waals surface area contributed by atoms with Gasteiger partial charge in [-0.1, -0.05) is 6.92 Å². The summed E-state index contributed by atoms with van der Waals surface area (Å²) in [7, 11) is 0. The number of amides is 1. The maximum atomic E-state index is 13.6. The Bertz CT molecular complexity index is 646. The van der Waals surface area contributed by atoms with Crippen LogP contribution in [-0.2, 0) is 10.2 Å². The highest BCUT2D eigenvalue weighted by Crippen LogP contribution is 2.32.